The zero-order valence-corrected chi connectivity index (χ0v) is 20.4. The molecule has 9 nitrogen and oxygen atoms in total. The lowest BCUT2D eigenvalue weighted by molar-refractivity contribution is -0.126. The summed E-state index contributed by atoms with van der Waals surface area (Å²) < 4.78 is 38.4. The maximum atomic E-state index is 13.4. The third-order valence-corrected chi connectivity index (χ3v) is 8.04. The van der Waals surface area contributed by atoms with Crippen molar-refractivity contribution in [1.29, 1.82) is 0 Å². The average Bonchev–Trinajstić information content (AvgIpc) is 3.29. The number of hydrogen-bond donors (Lipinski definition) is 1. The van der Waals surface area contributed by atoms with Gasteiger partial charge in [0, 0.05) is 32.1 Å². The van der Waals surface area contributed by atoms with Crippen LogP contribution in [-0.4, -0.2) is 49.0 Å². The highest BCUT2D eigenvalue weighted by Crippen LogP contribution is 2.31. The fourth-order valence-corrected chi connectivity index (χ4v) is 5.91. The highest BCUT2D eigenvalue weighted by Gasteiger charge is 2.34. The predicted molar refractivity (Wildman–Crippen MR) is 126 cm³/mol. The zero-order chi connectivity index (χ0) is 24.3. The topological polar surface area (TPSA) is 115 Å². The molecule has 1 saturated heterocycles. The quantitative estimate of drug-likeness (QED) is 0.524. The largest absolute Gasteiger partial charge is 0.497 e. The first-order chi connectivity index (χ1) is 16.3. The van der Waals surface area contributed by atoms with Crippen molar-refractivity contribution in [1.82, 2.24) is 19.8 Å². The Bertz CT molecular complexity index is 1290. The van der Waals surface area contributed by atoms with Crippen LogP contribution in [0, 0.1) is 12.8 Å². The fraction of sp³-hybridized carbons (Fsp3) is 0.348. The van der Waals surface area contributed by atoms with E-state index >= 15 is 0 Å². The number of methoxy groups -OCH3 is 1. The monoisotopic (exact) mass is 504 g/mol. The van der Waals surface area contributed by atoms with Crippen molar-refractivity contribution in [2.75, 3.05) is 20.2 Å². The van der Waals surface area contributed by atoms with Gasteiger partial charge >= 0.3 is 0 Å². The first-order valence-corrected chi connectivity index (χ1v) is 12.6. The molecule has 1 amide bonds. The smallest absolute Gasteiger partial charge is 0.244 e. The number of nitrogens with zero attached hydrogens (tertiary/aromatic N) is 3. The van der Waals surface area contributed by atoms with Gasteiger partial charge in [-0.1, -0.05) is 28.9 Å². The van der Waals surface area contributed by atoms with E-state index in [1.54, 1.807) is 20.1 Å². The summed E-state index contributed by atoms with van der Waals surface area (Å²) in [5.41, 5.74) is 1.37. The molecule has 0 aliphatic carbocycles. The molecule has 180 valence electrons. The van der Waals surface area contributed by atoms with E-state index in [1.165, 1.54) is 16.4 Å². The third kappa shape index (κ3) is 5.24. The van der Waals surface area contributed by atoms with Crippen LogP contribution in [0.3, 0.4) is 0 Å². The van der Waals surface area contributed by atoms with Crippen LogP contribution in [0.15, 0.2) is 51.9 Å². The number of aromatic nitrogens is 2. The number of carbonyl (C=O) groups excluding carboxylic acids is 1. The summed E-state index contributed by atoms with van der Waals surface area (Å²) in [6, 6.07) is 12.0. The summed E-state index contributed by atoms with van der Waals surface area (Å²) in [7, 11) is -2.36. The Labute approximate surface area is 203 Å². The average molecular weight is 505 g/mol. The van der Waals surface area contributed by atoms with E-state index < -0.39 is 15.9 Å². The molecule has 1 unspecified atom stereocenters. The van der Waals surface area contributed by atoms with E-state index in [4.69, 9.17) is 20.9 Å². The molecular formula is C23H25ClN4O5S. The van der Waals surface area contributed by atoms with Crippen molar-refractivity contribution >= 4 is 27.5 Å². The second kappa shape index (κ2) is 10.1. The van der Waals surface area contributed by atoms with Gasteiger partial charge in [-0.3, -0.25) is 4.79 Å². The van der Waals surface area contributed by atoms with Crippen LogP contribution in [0.2, 0.25) is 5.02 Å². The number of piperidine rings is 1. The molecule has 0 spiro atoms. The minimum Gasteiger partial charge on any atom is -0.497 e. The molecule has 34 heavy (non-hydrogen) atoms. The van der Waals surface area contributed by atoms with Gasteiger partial charge in [0.1, 0.15) is 10.6 Å². The van der Waals surface area contributed by atoms with Crippen LogP contribution in [0.1, 0.15) is 24.3 Å². The van der Waals surface area contributed by atoms with Gasteiger partial charge in [-0.15, -0.1) is 0 Å². The summed E-state index contributed by atoms with van der Waals surface area (Å²) in [5, 5.41) is 6.84. The Balaban J connectivity index is 1.48. The lowest BCUT2D eigenvalue weighted by atomic mass is 9.99. The Hall–Kier alpha value is -2.95. The van der Waals surface area contributed by atoms with Crippen LogP contribution in [0.25, 0.3) is 11.4 Å². The number of hydrogen-bond acceptors (Lipinski definition) is 7. The molecule has 11 heteroatoms. The summed E-state index contributed by atoms with van der Waals surface area (Å²) in [5.74, 6) is 0.699. The van der Waals surface area contributed by atoms with E-state index in [0.29, 0.717) is 43.1 Å². The number of rotatable bonds is 7. The molecule has 0 saturated carbocycles. The Morgan fingerprint density at radius 1 is 1.29 bits per heavy atom. The summed E-state index contributed by atoms with van der Waals surface area (Å²) >= 11 is 6.27. The van der Waals surface area contributed by atoms with Crippen LogP contribution in [-0.2, 0) is 21.4 Å². The van der Waals surface area contributed by atoms with Crippen molar-refractivity contribution in [3.63, 3.8) is 0 Å². The van der Waals surface area contributed by atoms with Gasteiger partial charge in [-0.2, -0.15) is 9.29 Å². The van der Waals surface area contributed by atoms with Crippen LogP contribution >= 0.6 is 11.6 Å². The second-order valence-electron chi connectivity index (χ2n) is 8.05. The van der Waals surface area contributed by atoms with Gasteiger partial charge in [-0.05, 0) is 48.7 Å². The number of ether oxygens (including phenoxy) is 1. The van der Waals surface area contributed by atoms with Crippen LogP contribution in [0.4, 0.5) is 0 Å². The normalized spacial score (nSPS) is 16.9. The molecule has 1 aromatic heterocycles. The van der Waals surface area contributed by atoms with Gasteiger partial charge in [0.25, 0.3) is 0 Å². The Morgan fingerprint density at radius 3 is 2.85 bits per heavy atom. The van der Waals surface area contributed by atoms with Crippen molar-refractivity contribution in [2.45, 2.75) is 31.2 Å². The summed E-state index contributed by atoms with van der Waals surface area (Å²) in [6.45, 7) is 2.37. The minimum absolute atomic E-state index is 0.0495. The zero-order valence-electron chi connectivity index (χ0n) is 18.8. The molecule has 1 aliphatic heterocycles. The minimum atomic E-state index is -3.94. The molecular weight excluding hydrogens is 480 g/mol. The highest BCUT2D eigenvalue weighted by molar-refractivity contribution is 7.89. The SMILES string of the molecule is COc1cccc(CNC(=O)C2CCCN(S(=O)(=O)c3cc(-c4noc(C)n4)ccc3Cl)C2)c1. The molecule has 1 atom stereocenters. The molecule has 2 heterocycles. The van der Waals surface area contributed by atoms with E-state index in [9.17, 15) is 13.2 Å². The van der Waals surface area contributed by atoms with E-state index in [2.05, 4.69) is 15.5 Å². The molecule has 1 aliphatic rings. The highest BCUT2D eigenvalue weighted by atomic mass is 35.5. The molecule has 1 N–H and O–H groups in total. The first-order valence-electron chi connectivity index (χ1n) is 10.8. The third-order valence-electron chi connectivity index (χ3n) is 5.69. The first kappa shape index (κ1) is 24.2. The maximum absolute atomic E-state index is 13.4. The molecule has 1 fully saturated rings. The van der Waals surface area contributed by atoms with Gasteiger partial charge in [-0.25, -0.2) is 8.42 Å². The predicted octanol–water partition coefficient (Wildman–Crippen LogP) is 3.42. The number of nitrogens with one attached hydrogen (secondary N) is 1. The Kier molecular flexibility index (Phi) is 7.20. The van der Waals surface area contributed by atoms with Gasteiger partial charge in [0.2, 0.25) is 27.6 Å². The van der Waals surface area contributed by atoms with Crippen LogP contribution < -0.4 is 10.1 Å². The van der Waals surface area contributed by atoms with Gasteiger partial charge in [0.15, 0.2) is 0 Å². The number of sulfonamides is 1. The molecule has 4 rings (SSSR count). The van der Waals surface area contributed by atoms with Crippen molar-refractivity contribution in [3.05, 3.63) is 58.9 Å². The molecule has 3 aromatic rings. The lowest BCUT2D eigenvalue weighted by Crippen LogP contribution is -2.45. The van der Waals surface area contributed by atoms with Gasteiger partial charge in [0.05, 0.1) is 18.1 Å². The molecule has 0 radical (unpaired) electrons. The van der Waals surface area contributed by atoms with Crippen molar-refractivity contribution in [2.24, 2.45) is 5.92 Å². The van der Waals surface area contributed by atoms with E-state index in [-0.39, 0.29) is 28.2 Å². The number of amides is 1. The van der Waals surface area contributed by atoms with Crippen LogP contribution in [0.5, 0.6) is 5.75 Å². The Morgan fingerprint density at radius 2 is 2.12 bits per heavy atom. The maximum Gasteiger partial charge on any atom is 0.244 e. The molecule has 0 bridgehead atoms. The van der Waals surface area contributed by atoms with Crippen molar-refractivity contribution < 1.29 is 22.5 Å². The number of halogens is 1. The lowest BCUT2D eigenvalue weighted by Gasteiger charge is -2.31. The summed E-state index contributed by atoms with van der Waals surface area (Å²) in [6.07, 6.45) is 1.17. The second-order valence-corrected chi connectivity index (χ2v) is 10.4. The van der Waals surface area contributed by atoms with Gasteiger partial charge < -0.3 is 14.6 Å². The van der Waals surface area contributed by atoms with E-state index in [1.807, 2.05) is 24.3 Å². The van der Waals surface area contributed by atoms with Crippen molar-refractivity contribution in [3.8, 4) is 17.1 Å². The standard InChI is InChI=1S/C23H25ClN4O5S/c1-15-26-22(27-33-15)17-8-9-20(24)21(12-17)34(30,31)28-10-4-6-18(14-28)23(29)25-13-16-5-3-7-19(11-16)32-2/h3,5,7-9,11-12,18H,4,6,10,13-14H2,1-2H3,(H,25,29). The number of aryl methyl sites for hydroxylation is 1. The number of benzene rings is 2. The fourth-order valence-electron chi connectivity index (χ4n) is 3.89. The summed E-state index contributed by atoms with van der Waals surface area (Å²) in [4.78, 5) is 16.9. The molecule has 2 aromatic carbocycles. The van der Waals surface area contributed by atoms with E-state index in [0.717, 1.165) is 5.56 Å². The number of carbonyl (C=O) groups is 1.